The molecule has 3 aromatic heterocycles. The van der Waals surface area contributed by atoms with Gasteiger partial charge in [0.15, 0.2) is 5.78 Å². The van der Waals surface area contributed by atoms with Crippen LogP contribution in [0.3, 0.4) is 0 Å². The summed E-state index contributed by atoms with van der Waals surface area (Å²) >= 11 is 3.49. The number of benzene rings is 1. The number of Topliss-reactive ketones (excluding diaryl/α,β-unsaturated/α-hetero) is 1. The summed E-state index contributed by atoms with van der Waals surface area (Å²) in [6, 6.07) is 8.09. The summed E-state index contributed by atoms with van der Waals surface area (Å²) in [7, 11) is 4.22. The molecular weight excluding hydrogens is 616 g/mol. The second-order valence-electron chi connectivity index (χ2n) is 12.7. The van der Waals surface area contributed by atoms with Gasteiger partial charge < -0.3 is 15.1 Å². The normalized spacial score (nSPS) is 18.3. The van der Waals surface area contributed by atoms with E-state index in [9.17, 15) is 4.79 Å². The Morgan fingerprint density at radius 2 is 1.82 bits per heavy atom. The molecule has 2 unspecified atom stereocenters. The van der Waals surface area contributed by atoms with Crippen LogP contribution in [0.2, 0.25) is 0 Å². The zero-order chi connectivity index (χ0) is 31.9. The molecule has 1 saturated heterocycles. The van der Waals surface area contributed by atoms with Crippen molar-refractivity contribution in [1.82, 2.24) is 34.5 Å². The maximum Gasteiger partial charge on any atom is 0.180 e. The van der Waals surface area contributed by atoms with E-state index < -0.39 is 0 Å². The number of aryl methyl sites for hydroxylation is 3. The zero-order valence-electron chi connectivity index (χ0n) is 26.7. The van der Waals surface area contributed by atoms with Crippen LogP contribution < -0.4 is 5.32 Å². The minimum absolute atomic E-state index is 0.00373. The predicted octanol–water partition coefficient (Wildman–Crippen LogP) is 6.56. The van der Waals surface area contributed by atoms with Gasteiger partial charge in [0, 0.05) is 60.2 Å². The van der Waals surface area contributed by atoms with Crippen LogP contribution in [-0.4, -0.2) is 73.5 Å². The first kappa shape index (κ1) is 31.5. The Kier molecular flexibility index (Phi) is 8.77. The first-order valence-electron chi connectivity index (χ1n) is 14.7. The fourth-order valence-electron chi connectivity index (χ4n) is 6.43. The number of hydrogen-bond acceptors (Lipinski definition) is 8. The Labute approximate surface area is 268 Å². The van der Waals surface area contributed by atoms with Gasteiger partial charge in [0.05, 0.1) is 18.1 Å². The summed E-state index contributed by atoms with van der Waals surface area (Å²) in [4.78, 5) is 30.8. The van der Waals surface area contributed by atoms with Crippen LogP contribution in [0, 0.1) is 26.2 Å². The number of nitrogens with one attached hydrogen (secondary N) is 1. The molecule has 230 valence electrons. The molecule has 1 aliphatic heterocycles. The average Bonchev–Trinajstić information content (AvgIpc) is 3.49. The van der Waals surface area contributed by atoms with Gasteiger partial charge in [0.1, 0.15) is 21.9 Å². The van der Waals surface area contributed by atoms with Crippen molar-refractivity contribution in [2.45, 2.75) is 53.6 Å². The summed E-state index contributed by atoms with van der Waals surface area (Å²) in [6.07, 6.45) is 4.53. The van der Waals surface area contributed by atoms with Gasteiger partial charge in [-0.1, -0.05) is 26.1 Å². The summed E-state index contributed by atoms with van der Waals surface area (Å²) in [5.41, 5.74) is 7.08. The van der Waals surface area contributed by atoms with E-state index in [-0.39, 0.29) is 17.2 Å². The van der Waals surface area contributed by atoms with Crippen molar-refractivity contribution >= 4 is 38.4 Å². The van der Waals surface area contributed by atoms with Crippen LogP contribution in [0.4, 0.5) is 5.82 Å². The van der Waals surface area contributed by atoms with Crippen molar-refractivity contribution in [3.63, 3.8) is 0 Å². The highest BCUT2D eigenvalue weighted by atomic mass is 79.9. The van der Waals surface area contributed by atoms with Crippen molar-refractivity contribution in [3.8, 4) is 11.1 Å². The Bertz CT molecular complexity index is 1760. The van der Waals surface area contributed by atoms with Crippen LogP contribution in [-0.2, 0) is 6.54 Å². The van der Waals surface area contributed by atoms with Crippen molar-refractivity contribution in [3.05, 3.63) is 88.5 Å². The molecule has 4 aromatic rings. The average molecular weight is 658 g/mol. The molecule has 0 bridgehead atoms. The lowest BCUT2D eigenvalue weighted by Crippen LogP contribution is -2.35. The molecule has 0 aliphatic carbocycles. The van der Waals surface area contributed by atoms with Gasteiger partial charge in [-0.2, -0.15) is 5.10 Å². The zero-order valence-corrected chi connectivity index (χ0v) is 28.3. The number of carbonyl (C=O) groups is 1. The van der Waals surface area contributed by atoms with Gasteiger partial charge >= 0.3 is 0 Å². The van der Waals surface area contributed by atoms with Gasteiger partial charge in [-0.15, -0.1) is 0 Å². The number of carbonyl (C=O) groups excluding carboxylic acids is 1. The summed E-state index contributed by atoms with van der Waals surface area (Å²) in [5, 5.41) is 9.17. The summed E-state index contributed by atoms with van der Waals surface area (Å²) in [6.45, 7) is 21.1. The van der Waals surface area contributed by atoms with Crippen LogP contribution in [0.5, 0.6) is 0 Å². The largest absolute Gasteiger partial charge is 0.365 e. The fourth-order valence-corrected chi connectivity index (χ4v) is 6.73. The molecule has 5 rings (SSSR count). The molecule has 1 fully saturated rings. The topological polar surface area (TPSA) is 92.1 Å². The minimum Gasteiger partial charge on any atom is -0.365 e. The van der Waals surface area contributed by atoms with E-state index >= 15 is 0 Å². The Balaban J connectivity index is 1.49. The lowest BCUT2D eigenvalue weighted by Gasteiger charge is -2.31. The Morgan fingerprint density at radius 3 is 2.48 bits per heavy atom. The van der Waals surface area contributed by atoms with Crippen molar-refractivity contribution in [1.29, 1.82) is 0 Å². The van der Waals surface area contributed by atoms with Gasteiger partial charge in [0.2, 0.25) is 0 Å². The first-order chi connectivity index (χ1) is 20.7. The third kappa shape index (κ3) is 6.46. The van der Waals surface area contributed by atoms with E-state index in [1.54, 1.807) is 6.92 Å². The van der Waals surface area contributed by atoms with Crippen LogP contribution in [0.15, 0.2) is 65.8 Å². The Hall–Kier alpha value is -3.89. The number of aromatic nitrogens is 5. The molecule has 0 radical (unpaired) electrons. The van der Waals surface area contributed by atoms with Crippen molar-refractivity contribution in [2.75, 3.05) is 32.5 Å². The predicted molar refractivity (Wildman–Crippen MR) is 181 cm³/mol. The number of anilines is 1. The van der Waals surface area contributed by atoms with E-state index in [1.807, 2.05) is 49.1 Å². The van der Waals surface area contributed by atoms with E-state index in [4.69, 9.17) is 5.10 Å². The molecule has 10 heteroatoms. The molecule has 9 nitrogen and oxygen atoms in total. The van der Waals surface area contributed by atoms with E-state index in [0.717, 1.165) is 74.5 Å². The van der Waals surface area contributed by atoms with Gasteiger partial charge in [-0.3, -0.25) is 9.48 Å². The summed E-state index contributed by atoms with van der Waals surface area (Å²) in [5.74, 6) is 1.42. The molecular formula is C34H41BrN8O. The highest BCUT2D eigenvalue weighted by Crippen LogP contribution is 2.40. The van der Waals surface area contributed by atoms with E-state index in [0.29, 0.717) is 18.1 Å². The van der Waals surface area contributed by atoms with Gasteiger partial charge in [0.25, 0.3) is 0 Å². The molecule has 44 heavy (non-hydrogen) atoms. The minimum atomic E-state index is -0.0804. The van der Waals surface area contributed by atoms with Gasteiger partial charge in [-0.05, 0) is 92.1 Å². The second-order valence-corrected chi connectivity index (χ2v) is 13.5. The third-order valence-corrected chi connectivity index (χ3v) is 8.72. The number of rotatable bonds is 10. The maximum absolute atomic E-state index is 12.8. The highest BCUT2D eigenvalue weighted by molar-refractivity contribution is 9.10. The molecule has 1 aliphatic rings. The quantitative estimate of drug-likeness (QED) is 0.152. The number of hydrogen-bond donors (Lipinski definition) is 1. The van der Waals surface area contributed by atoms with Crippen molar-refractivity contribution < 1.29 is 4.79 Å². The summed E-state index contributed by atoms with van der Waals surface area (Å²) < 4.78 is 2.69. The molecule has 0 saturated carbocycles. The first-order valence-corrected chi connectivity index (χ1v) is 15.5. The van der Waals surface area contributed by atoms with Crippen LogP contribution in [0.25, 0.3) is 22.0 Å². The molecule has 0 spiro atoms. The number of fused-ring (bicyclic) bond motifs is 1. The second kappa shape index (κ2) is 12.2. The number of nitrogens with zero attached hydrogens (tertiary/aromatic N) is 7. The van der Waals surface area contributed by atoms with Crippen LogP contribution >= 0.6 is 15.9 Å². The standard InChI is InChI=1S/C34H41BrN8O/c1-20-10-11-30(35)39-33(20)38-23(4)29-14-34(7,18-41(8)9)19-42(29)22(3)17-43-32-21(2)12-26(27-15-36-25(6)37-16-27)13-28(32)31(40-43)24(5)44/h10-13,15-16,29H,3-4,14,17-19H2,1-2,5-9H3,(H,38,39). The molecule has 1 N–H and O–H groups in total. The highest BCUT2D eigenvalue weighted by Gasteiger charge is 2.43. The monoisotopic (exact) mass is 656 g/mol. The number of likely N-dealkylation sites (tertiary alicyclic amines) is 1. The SMILES string of the molecule is C=C(Nc1nc(Br)ccc1C)C1CC(C)(CN(C)C)CN1C(=C)Cn1nc(C(C)=O)c2cc(-c3cnc(C)nc3)cc(C)c21. The number of allylic oxidation sites excluding steroid dienone is 1. The fraction of sp³-hybridized carbons (Fsp3) is 0.382. The van der Waals surface area contributed by atoms with Crippen LogP contribution in [0.1, 0.15) is 47.7 Å². The number of halogens is 1. The molecule has 2 atom stereocenters. The smallest absolute Gasteiger partial charge is 0.180 e. The van der Waals surface area contributed by atoms with Gasteiger partial charge in [-0.25, -0.2) is 15.0 Å². The Morgan fingerprint density at radius 1 is 1.11 bits per heavy atom. The number of pyridine rings is 1. The molecule has 1 aromatic carbocycles. The lowest BCUT2D eigenvalue weighted by atomic mass is 9.87. The van der Waals surface area contributed by atoms with E-state index in [2.05, 4.69) is 93.2 Å². The number of ketones is 1. The third-order valence-electron chi connectivity index (χ3n) is 8.28. The lowest BCUT2D eigenvalue weighted by molar-refractivity contribution is 0.101. The molecule has 0 amide bonds. The van der Waals surface area contributed by atoms with Crippen molar-refractivity contribution in [2.24, 2.45) is 5.41 Å². The molecule has 4 heterocycles. The van der Waals surface area contributed by atoms with E-state index in [1.165, 1.54) is 0 Å². The maximum atomic E-state index is 12.8.